The average molecular weight is 687 g/mol. The highest BCUT2D eigenvalue weighted by molar-refractivity contribution is 7.47. The van der Waals surface area contributed by atoms with Crippen LogP contribution < -0.4 is 0 Å². The van der Waals surface area contributed by atoms with Gasteiger partial charge in [-0.1, -0.05) is 114 Å². The Labute approximate surface area is 283 Å². The number of hydrogen-bond donors (Lipinski definition) is 3. The number of carbonyl (C=O) groups is 2. The summed E-state index contributed by atoms with van der Waals surface area (Å²) < 4.78 is 32.4. The van der Waals surface area contributed by atoms with E-state index in [1.165, 1.54) is 32.1 Å². The van der Waals surface area contributed by atoms with Gasteiger partial charge in [-0.2, -0.15) is 0 Å². The van der Waals surface area contributed by atoms with Crippen LogP contribution in [0, 0.1) is 0 Å². The lowest BCUT2D eigenvalue weighted by Gasteiger charge is -2.20. The predicted molar refractivity (Wildman–Crippen MR) is 187 cm³/mol. The monoisotopic (exact) mass is 686 g/mol. The molecule has 3 atom stereocenters. The molecule has 0 aliphatic rings. The van der Waals surface area contributed by atoms with E-state index in [0.29, 0.717) is 12.8 Å². The van der Waals surface area contributed by atoms with Crippen LogP contribution in [0.15, 0.2) is 48.6 Å². The van der Waals surface area contributed by atoms with E-state index in [1.807, 2.05) is 0 Å². The van der Waals surface area contributed by atoms with Crippen molar-refractivity contribution in [2.45, 2.75) is 142 Å². The van der Waals surface area contributed by atoms with Gasteiger partial charge in [0, 0.05) is 12.8 Å². The number of esters is 2. The van der Waals surface area contributed by atoms with E-state index >= 15 is 0 Å². The number of unbranched alkanes of at least 4 members (excludes halogenated alkanes) is 10. The third-order valence-electron chi connectivity index (χ3n) is 7.00. The van der Waals surface area contributed by atoms with E-state index in [2.05, 4.69) is 67.0 Å². The van der Waals surface area contributed by atoms with Gasteiger partial charge in [-0.05, 0) is 51.4 Å². The maximum Gasteiger partial charge on any atom is 0.472 e. The molecule has 0 aliphatic heterocycles. The number of rotatable bonds is 32. The number of phosphoric acid groups is 1. The maximum atomic E-state index is 12.5. The van der Waals surface area contributed by atoms with E-state index in [0.717, 1.165) is 57.8 Å². The Bertz CT molecular complexity index is 931. The quantitative estimate of drug-likeness (QED) is 0.0274. The summed E-state index contributed by atoms with van der Waals surface area (Å²) in [4.78, 5) is 34.6. The number of ether oxygens (including phenoxy) is 2. The summed E-state index contributed by atoms with van der Waals surface area (Å²) >= 11 is 0. The van der Waals surface area contributed by atoms with Gasteiger partial charge >= 0.3 is 19.8 Å². The summed E-state index contributed by atoms with van der Waals surface area (Å²) in [6, 6.07) is 0. The minimum atomic E-state index is -4.61. The van der Waals surface area contributed by atoms with Crippen molar-refractivity contribution in [3.63, 3.8) is 0 Å². The van der Waals surface area contributed by atoms with Crippen molar-refractivity contribution >= 4 is 19.8 Å². The first-order valence-corrected chi connectivity index (χ1v) is 19.1. The molecule has 0 rings (SSSR count). The van der Waals surface area contributed by atoms with Gasteiger partial charge < -0.3 is 24.6 Å². The molecule has 0 heterocycles. The fraction of sp³-hybridized carbons (Fsp3) is 0.722. The van der Waals surface area contributed by atoms with Gasteiger partial charge in [0.2, 0.25) is 0 Å². The van der Waals surface area contributed by atoms with E-state index in [1.54, 1.807) is 0 Å². The third-order valence-corrected chi connectivity index (χ3v) is 7.95. The van der Waals surface area contributed by atoms with Gasteiger partial charge in [-0.25, -0.2) is 4.57 Å². The van der Waals surface area contributed by atoms with Gasteiger partial charge in [0.15, 0.2) is 6.10 Å². The molecule has 0 fully saturated rings. The Morgan fingerprint density at radius 3 is 1.77 bits per heavy atom. The number of hydrogen-bond acceptors (Lipinski definition) is 9. The van der Waals surface area contributed by atoms with Gasteiger partial charge in [-0.3, -0.25) is 18.6 Å². The Morgan fingerprint density at radius 1 is 0.660 bits per heavy atom. The zero-order valence-corrected chi connectivity index (χ0v) is 29.9. The summed E-state index contributed by atoms with van der Waals surface area (Å²) in [6.45, 7) is 2.15. The van der Waals surface area contributed by atoms with E-state index in [9.17, 15) is 24.2 Å². The van der Waals surface area contributed by atoms with Crippen molar-refractivity contribution in [3.8, 4) is 0 Å². The van der Waals surface area contributed by atoms with Crippen LogP contribution in [-0.2, 0) is 32.7 Å². The number of aliphatic hydroxyl groups excluding tert-OH is 2. The van der Waals surface area contributed by atoms with Crippen LogP contribution in [0.3, 0.4) is 0 Å². The number of phosphoric ester groups is 1. The predicted octanol–water partition coefficient (Wildman–Crippen LogP) is 8.21. The molecule has 0 spiro atoms. The number of aliphatic hydroxyl groups is 2. The first-order chi connectivity index (χ1) is 22.7. The van der Waals surface area contributed by atoms with Gasteiger partial charge in [0.05, 0.1) is 19.8 Å². The molecule has 0 amide bonds. The lowest BCUT2D eigenvalue weighted by atomic mass is 10.1. The number of allylic oxidation sites excluding steroid dienone is 8. The van der Waals surface area contributed by atoms with Crippen LogP contribution in [0.1, 0.15) is 129 Å². The molecule has 10 nitrogen and oxygen atoms in total. The summed E-state index contributed by atoms with van der Waals surface area (Å²) in [6.07, 6.45) is 31.0. The van der Waals surface area contributed by atoms with E-state index in [-0.39, 0.29) is 19.4 Å². The fourth-order valence-corrected chi connectivity index (χ4v) is 5.07. The molecule has 1 unspecified atom stereocenters. The number of carbonyl (C=O) groups excluding carboxylic acids is 2. The first kappa shape index (κ1) is 44.9. The highest BCUT2D eigenvalue weighted by Crippen LogP contribution is 2.43. The molecule has 0 aromatic carbocycles. The molecule has 0 saturated heterocycles. The summed E-state index contributed by atoms with van der Waals surface area (Å²) in [5.41, 5.74) is 0. The molecule has 0 aliphatic carbocycles. The minimum Gasteiger partial charge on any atom is -0.462 e. The second-order valence-corrected chi connectivity index (χ2v) is 13.0. The molecule has 0 radical (unpaired) electrons. The Morgan fingerprint density at radius 2 is 1.17 bits per heavy atom. The third kappa shape index (κ3) is 32.3. The Balaban J connectivity index is 4.47. The molecule has 11 heteroatoms. The minimum absolute atomic E-state index is 0.174. The Hall–Kier alpha value is -2.07. The van der Waals surface area contributed by atoms with Crippen LogP contribution in [0.4, 0.5) is 0 Å². The van der Waals surface area contributed by atoms with Crippen LogP contribution in [-0.4, -0.2) is 65.7 Å². The smallest absolute Gasteiger partial charge is 0.462 e. The van der Waals surface area contributed by atoms with Crippen molar-refractivity contribution in [2.24, 2.45) is 0 Å². The van der Waals surface area contributed by atoms with Crippen LogP contribution in [0.2, 0.25) is 0 Å². The zero-order valence-electron chi connectivity index (χ0n) is 29.0. The molecule has 0 aromatic heterocycles. The van der Waals surface area contributed by atoms with Crippen molar-refractivity contribution in [2.75, 3.05) is 26.4 Å². The highest BCUT2D eigenvalue weighted by Gasteiger charge is 2.27. The highest BCUT2D eigenvalue weighted by atomic mass is 31.2. The summed E-state index contributed by atoms with van der Waals surface area (Å²) in [7, 11) is -4.61. The summed E-state index contributed by atoms with van der Waals surface area (Å²) in [5.74, 6) is -0.982. The fourth-order valence-electron chi connectivity index (χ4n) is 4.28. The van der Waals surface area contributed by atoms with E-state index in [4.69, 9.17) is 19.1 Å². The molecule has 0 aromatic rings. The van der Waals surface area contributed by atoms with Crippen LogP contribution in [0.5, 0.6) is 0 Å². The zero-order chi connectivity index (χ0) is 34.9. The average Bonchev–Trinajstić information content (AvgIpc) is 3.05. The largest absolute Gasteiger partial charge is 0.472 e. The lowest BCUT2D eigenvalue weighted by molar-refractivity contribution is -0.161. The molecular weight excluding hydrogens is 623 g/mol. The molecule has 0 bridgehead atoms. The van der Waals surface area contributed by atoms with Gasteiger partial charge in [-0.15, -0.1) is 0 Å². The molecule has 3 N–H and O–H groups in total. The molecule has 47 heavy (non-hydrogen) atoms. The lowest BCUT2D eigenvalue weighted by Crippen LogP contribution is -2.29. The molecule has 272 valence electrons. The van der Waals surface area contributed by atoms with Gasteiger partial charge in [0.25, 0.3) is 0 Å². The van der Waals surface area contributed by atoms with Crippen molar-refractivity contribution in [3.05, 3.63) is 48.6 Å². The van der Waals surface area contributed by atoms with Crippen molar-refractivity contribution in [1.82, 2.24) is 0 Å². The van der Waals surface area contributed by atoms with Crippen molar-refractivity contribution < 1.29 is 47.8 Å². The normalized spacial score (nSPS) is 14.7. The van der Waals surface area contributed by atoms with Crippen LogP contribution >= 0.6 is 7.82 Å². The van der Waals surface area contributed by atoms with Crippen molar-refractivity contribution in [1.29, 1.82) is 0 Å². The second-order valence-electron chi connectivity index (χ2n) is 11.5. The molecular formula is C36H63O10P. The van der Waals surface area contributed by atoms with Crippen LogP contribution in [0.25, 0.3) is 0 Å². The van der Waals surface area contributed by atoms with E-state index < -0.39 is 51.8 Å². The maximum absolute atomic E-state index is 12.5. The SMILES string of the molecule is CC/C=C/C/C=C/C/C=C/C/C=C/CCCCC(=O)OC[C@@H](COP(=O)(O)OC[C@H](O)CO)OC(=O)CCCCCCCCCCC. The van der Waals surface area contributed by atoms with Gasteiger partial charge in [0.1, 0.15) is 12.7 Å². The first-order valence-electron chi connectivity index (χ1n) is 17.6. The second kappa shape index (κ2) is 32.5. The molecule has 0 saturated carbocycles. The summed E-state index contributed by atoms with van der Waals surface area (Å²) in [5, 5.41) is 18.2. The topological polar surface area (TPSA) is 149 Å². The standard InChI is InChI=1S/C36H63O10P/c1-3-5-7-9-11-13-14-15-16-17-18-20-21-23-25-27-35(39)43-31-34(32-45-47(41,42)44-30-33(38)29-37)46-36(40)28-26-24-22-19-12-10-8-6-4-2/h5,7,11,13,15-16,18,20,33-34,37-38H,3-4,6,8-10,12,14,17,19,21-32H2,1-2H3,(H,41,42)/b7-5+,13-11+,16-15+,20-18+/t33-,34+/m1/s1. The Kier molecular flexibility index (Phi) is 31.0.